The summed E-state index contributed by atoms with van der Waals surface area (Å²) < 4.78 is 7.51. The molecule has 2 heterocycles. The average molecular weight is 257 g/mol. The summed E-state index contributed by atoms with van der Waals surface area (Å²) in [6, 6.07) is 6.64. The third kappa shape index (κ3) is 2.24. The van der Waals surface area contributed by atoms with E-state index in [1.807, 2.05) is 17.9 Å². The fourth-order valence-electron chi connectivity index (χ4n) is 2.61. The lowest BCUT2D eigenvalue weighted by molar-refractivity contribution is 0.357. The zero-order valence-corrected chi connectivity index (χ0v) is 11.4. The van der Waals surface area contributed by atoms with Gasteiger partial charge in [-0.1, -0.05) is 12.1 Å². The largest absolute Gasteiger partial charge is 0.493 e. The predicted octanol–water partition coefficient (Wildman–Crippen LogP) is 2.15. The van der Waals surface area contributed by atoms with E-state index in [1.165, 1.54) is 16.7 Å². The molecule has 0 saturated heterocycles. The molecule has 1 atom stereocenters. The Morgan fingerprint density at radius 1 is 1.42 bits per heavy atom. The van der Waals surface area contributed by atoms with Gasteiger partial charge in [-0.2, -0.15) is 5.10 Å². The lowest BCUT2D eigenvalue weighted by atomic mass is 9.99. The van der Waals surface area contributed by atoms with E-state index in [0.717, 1.165) is 25.3 Å². The Labute approximate surface area is 113 Å². The number of hydrogen-bond donors (Lipinski definition) is 1. The van der Waals surface area contributed by atoms with Crippen molar-refractivity contribution < 1.29 is 4.74 Å². The molecule has 19 heavy (non-hydrogen) atoms. The molecule has 0 saturated carbocycles. The van der Waals surface area contributed by atoms with E-state index in [1.54, 1.807) is 0 Å². The minimum atomic E-state index is 0.186. The highest BCUT2D eigenvalue weighted by Gasteiger charge is 2.18. The number of benzene rings is 1. The van der Waals surface area contributed by atoms with E-state index >= 15 is 0 Å². The summed E-state index contributed by atoms with van der Waals surface area (Å²) in [5, 5.41) is 7.72. The van der Waals surface area contributed by atoms with Gasteiger partial charge in [0.2, 0.25) is 0 Å². The molecule has 4 nitrogen and oxygen atoms in total. The molecule has 1 aliphatic rings. The molecule has 0 amide bonds. The highest BCUT2D eigenvalue weighted by Crippen LogP contribution is 2.30. The van der Waals surface area contributed by atoms with Gasteiger partial charge in [-0.15, -0.1) is 0 Å². The first-order valence-corrected chi connectivity index (χ1v) is 6.77. The SMILES string of the molecule is CCn1cc(C(NC)c2ccc3c(c2)CCO3)cn1. The standard InChI is InChI=1S/C15H19N3O/c1-3-18-10-13(9-17-18)15(16-2)12-4-5-14-11(8-12)6-7-19-14/h4-5,8-10,15-16H,3,6-7H2,1-2H3. The Hall–Kier alpha value is -1.81. The van der Waals surface area contributed by atoms with Crippen LogP contribution in [0, 0.1) is 0 Å². The van der Waals surface area contributed by atoms with Gasteiger partial charge in [0.25, 0.3) is 0 Å². The van der Waals surface area contributed by atoms with Crippen LogP contribution in [-0.2, 0) is 13.0 Å². The number of aromatic nitrogens is 2. The van der Waals surface area contributed by atoms with E-state index in [0.29, 0.717) is 0 Å². The number of fused-ring (bicyclic) bond motifs is 1. The first-order chi connectivity index (χ1) is 9.31. The van der Waals surface area contributed by atoms with Gasteiger partial charge in [0.15, 0.2) is 0 Å². The molecule has 0 fully saturated rings. The molecule has 1 aromatic carbocycles. The van der Waals surface area contributed by atoms with E-state index in [4.69, 9.17) is 4.74 Å². The van der Waals surface area contributed by atoms with Gasteiger partial charge < -0.3 is 10.1 Å². The first kappa shape index (κ1) is 12.2. The number of nitrogens with zero attached hydrogens (tertiary/aromatic N) is 2. The number of ether oxygens (including phenoxy) is 1. The smallest absolute Gasteiger partial charge is 0.122 e. The van der Waals surface area contributed by atoms with Crippen LogP contribution >= 0.6 is 0 Å². The molecule has 2 aromatic rings. The van der Waals surface area contributed by atoms with Crippen LogP contribution in [-0.4, -0.2) is 23.4 Å². The van der Waals surface area contributed by atoms with Gasteiger partial charge in [0, 0.05) is 24.7 Å². The molecule has 0 aliphatic carbocycles. The van der Waals surface area contributed by atoms with Crippen molar-refractivity contribution in [1.29, 1.82) is 0 Å². The lowest BCUT2D eigenvalue weighted by Crippen LogP contribution is -2.17. The molecule has 0 radical (unpaired) electrons. The summed E-state index contributed by atoms with van der Waals surface area (Å²) in [5.41, 5.74) is 3.77. The predicted molar refractivity (Wildman–Crippen MR) is 74.4 cm³/mol. The summed E-state index contributed by atoms with van der Waals surface area (Å²) in [6.07, 6.45) is 5.05. The molecular weight excluding hydrogens is 238 g/mol. The van der Waals surface area contributed by atoms with Crippen molar-refractivity contribution in [3.63, 3.8) is 0 Å². The first-order valence-electron chi connectivity index (χ1n) is 6.77. The number of aryl methyl sites for hydroxylation is 1. The van der Waals surface area contributed by atoms with Crippen molar-refractivity contribution >= 4 is 0 Å². The molecule has 1 aromatic heterocycles. The van der Waals surface area contributed by atoms with Gasteiger partial charge in [0.05, 0.1) is 18.8 Å². The van der Waals surface area contributed by atoms with Crippen molar-refractivity contribution in [2.75, 3.05) is 13.7 Å². The molecule has 1 unspecified atom stereocenters. The summed E-state index contributed by atoms with van der Waals surface area (Å²) in [5.74, 6) is 1.03. The highest BCUT2D eigenvalue weighted by atomic mass is 16.5. The minimum Gasteiger partial charge on any atom is -0.493 e. The summed E-state index contributed by atoms with van der Waals surface area (Å²) >= 11 is 0. The second-order valence-electron chi connectivity index (χ2n) is 4.82. The van der Waals surface area contributed by atoms with Crippen LogP contribution in [0.15, 0.2) is 30.6 Å². The summed E-state index contributed by atoms with van der Waals surface area (Å²) in [4.78, 5) is 0. The molecule has 4 heteroatoms. The third-order valence-electron chi connectivity index (χ3n) is 3.65. The molecule has 3 rings (SSSR count). The maximum Gasteiger partial charge on any atom is 0.122 e. The number of rotatable bonds is 4. The molecule has 0 bridgehead atoms. The Morgan fingerprint density at radius 2 is 2.32 bits per heavy atom. The van der Waals surface area contributed by atoms with E-state index < -0.39 is 0 Å². The molecule has 0 spiro atoms. The Bertz CT molecular complexity index is 577. The monoisotopic (exact) mass is 257 g/mol. The highest BCUT2D eigenvalue weighted by molar-refractivity contribution is 5.42. The molecule has 1 N–H and O–H groups in total. The van der Waals surface area contributed by atoms with Gasteiger partial charge in [-0.3, -0.25) is 4.68 Å². The zero-order valence-electron chi connectivity index (χ0n) is 11.4. The van der Waals surface area contributed by atoms with E-state index in [2.05, 4.69) is 41.7 Å². The molecular formula is C15H19N3O. The van der Waals surface area contributed by atoms with Crippen LogP contribution in [0.5, 0.6) is 5.75 Å². The van der Waals surface area contributed by atoms with E-state index in [-0.39, 0.29) is 6.04 Å². The van der Waals surface area contributed by atoms with Gasteiger partial charge in [-0.05, 0) is 31.2 Å². The number of nitrogens with one attached hydrogen (secondary N) is 1. The minimum absolute atomic E-state index is 0.186. The Kier molecular flexibility index (Phi) is 3.25. The fourth-order valence-corrected chi connectivity index (χ4v) is 2.61. The average Bonchev–Trinajstić information content (AvgIpc) is 3.07. The van der Waals surface area contributed by atoms with Gasteiger partial charge in [-0.25, -0.2) is 0 Å². The summed E-state index contributed by atoms with van der Waals surface area (Å²) in [7, 11) is 1.98. The van der Waals surface area contributed by atoms with Crippen LogP contribution in [0.2, 0.25) is 0 Å². The third-order valence-corrected chi connectivity index (χ3v) is 3.65. The van der Waals surface area contributed by atoms with Crippen molar-refractivity contribution in [3.05, 3.63) is 47.3 Å². The van der Waals surface area contributed by atoms with Crippen LogP contribution in [0.1, 0.15) is 29.7 Å². The van der Waals surface area contributed by atoms with Crippen molar-refractivity contribution in [3.8, 4) is 5.75 Å². The van der Waals surface area contributed by atoms with Gasteiger partial charge >= 0.3 is 0 Å². The molecule has 1 aliphatic heterocycles. The topological polar surface area (TPSA) is 39.1 Å². The number of hydrogen-bond acceptors (Lipinski definition) is 3. The fraction of sp³-hybridized carbons (Fsp3) is 0.400. The normalized spacial score (nSPS) is 15.1. The van der Waals surface area contributed by atoms with Crippen LogP contribution in [0.3, 0.4) is 0 Å². The van der Waals surface area contributed by atoms with Crippen molar-refractivity contribution in [2.24, 2.45) is 0 Å². The lowest BCUT2D eigenvalue weighted by Gasteiger charge is -2.15. The Morgan fingerprint density at radius 3 is 3.05 bits per heavy atom. The Balaban J connectivity index is 1.93. The maximum absolute atomic E-state index is 5.56. The van der Waals surface area contributed by atoms with Crippen LogP contribution in [0.4, 0.5) is 0 Å². The van der Waals surface area contributed by atoms with Gasteiger partial charge in [0.1, 0.15) is 5.75 Å². The quantitative estimate of drug-likeness (QED) is 0.912. The molecule has 100 valence electrons. The van der Waals surface area contributed by atoms with Crippen LogP contribution < -0.4 is 10.1 Å². The second kappa shape index (κ2) is 5.05. The van der Waals surface area contributed by atoms with Crippen molar-refractivity contribution in [1.82, 2.24) is 15.1 Å². The van der Waals surface area contributed by atoms with Crippen LogP contribution in [0.25, 0.3) is 0 Å². The van der Waals surface area contributed by atoms with E-state index in [9.17, 15) is 0 Å². The zero-order chi connectivity index (χ0) is 13.2. The maximum atomic E-state index is 5.56. The van der Waals surface area contributed by atoms with Crippen molar-refractivity contribution in [2.45, 2.75) is 25.9 Å². The second-order valence-corrected chi connectivity index (χ2v) is 4.82. The summed E-state index contributed by atoms with van der Waals surface area (Å²) in [6.45, 7) is 3.79.